The monoisotopic (exact) mass is 380 g/mol. The minimum absolute atomic E-state index is 0.0739. The third-order valence-electron chi connectivity index (χ3n) is 3.37. The normalized spacial score (nSPS) is 11.4. The van der Waals surface area contributed by atoms with E-state index in [1.807, 2.05) is 13.8 Å². The quantitative estimate of drug-likeness (QED) is 0.774. The van der Waals surface area contributed by atoms with Crippen LogP contribution in [0.3, 0.4) is 0 Å². The molecule has 0 aliphatic rings. The van der Waals surface area contributed by atoms with E-state index in [4.69, 9.17) is 4.74 Å². The van der Waals surface area contributed by atoms with Crippen LogP contribution in [0.5, 0.6) is 5.75 Å². The van der Waals surface area contributed by atoms with Crippen molar-refractivity contribution in [3.63, 3.8) is 0 Å². The molecule has 0 aliphatic carbocycles. The van der Waals surface area contributed by atoms with Gasteiger partial charge in [-0.1, -0.05) is 12.1 Å². The van der Waals surface area contributed by atoms with Crippen molar-refractivity contribution in [1.29, 1.82) is 0 Å². The summed E-state index contributed by atoms with van der Waals surface area (Å²) in [5.41, 5.74) is 0.706. The van der Waals surface area contributed by atoms with Crippen LogP contribution in [-0.2, 0) is 14.8 Å². The van der Waals surface area contributed by atoms with Crippen molar-refractivity contribution in [3.8, 4) is 5.75 Å². The highest BCUT2D eigenvalue weighted by Gasteiger charge is 2.18. The molecule has 0 radical (unpaired) electrons. The molecule has 0 heterocycles. The fraction of sp³-hybridized carbons (Fsp3) is 0.278. The zero-order valence-corrected chi connectivity index (χ0v) is 15.6. The minimum Gasteiger partial charge on any atom is -0.489 e. The number of hydrogen-bond acceptors (Lipinski definition) is 4. The summed E-state index contributed by atoms with van der Waals surface area (Å²) in [6, 6.07) is 10.2. The van der Waals surface area contributed by atoms with Gasteiger partial charge in [-0.25, -0.2) is 17.5 Å². The Kier molecular flexibility index (Phi) is 6.33. The van der Waals surface area contributed by atoms with Gasteiger partial charge in [-0.15, -0.1) is 0 Å². The fourth-order valence-corrected chi connectivity index (χ4v) is 3.48. The van der Waals surface area contributed by atoms with E-state index in [9.17, 15) is 17.6 Å². The van der Waals surface area contributed by atoms with Gasteiger partial charge in [0.1, 0.15) is 11.6 Å². The number of amides is 1. The summed E-state index contributed by atoms with van der Waals surface area (Å²) in [7, 11) is -3.93. The predicted octanol–water partition coefficient (Wildman–Crippen LogP) is 2.84. The topological polar surface area (TPSA) is 84.5 Å². The molecule has 2 rings (SSSR count). The molecule has 26 heavy (non-hydrogen) atoms. The standard InChI is InChI=1S/C18H21FN2O4S/c1-12(2)25-16-7-5-4-6-15(16)21-18(22)11-20-26(23,24)17-9-8-14(19)10-13(17)3/h4-10,12,20H,11H2,1-3H3,(H,21,22). The molecule has 0 atom stereocenters. The summed E-state index contributed by atoms with van der Waals surface area (Å²) in [5.74, 6) is -0.581. The second-order valence-electron chi connectivity index (χ2n) is 5.95. The number of carbonyl (C=O) groups is 1. The zero-order valence-electron chi connectivity index (χ0n) is 14.7. The van der Waals surface area contributed by atoms with Gasteiger partial charge in [-0.05, 0) is 56.7 Å². The average Bonchev–Trinajstić information content (AvgIpc) is 2.54. The molecule has 0 spiro atoms. The number of para-hydroxylation sites is 2. The first-order valence-corrected chi connectivity index (χ1v) is 9.48. The summed E-state index contributed by atoms with van der Waals surface area (Å²) in [4.78, 5) is 12.0. The first-order chi connectivity index (χ1) is 12.2. The number of ether oxygens (including phenoxy) is 1. The van der Waals surface area contributed by atoms with E-state index < -0.39 is 28.3 Å². The summed E-state index contributed by atoms with van der Waals surface area (Å²) in [5, 5.41) is 2.61. The van der Waals surface area contributed by atoms with Crippen molar-refractivity contribution in [3.05, 3.63) is 53.8 Å². The molecule has 140 valence electrons. The molecule has 1 amide bonds. The van der Waals surface area contributed by atoms with Crippen LogP contribution >= 0.6 is 0 Å². The Bertz CT molecular complexity index is 898. The predicted molar refractivity (Wildman–Crippen MR) is 97.2 cm³/mol. The SMILES string of the molecule is Cc1cc(F)ccc1S(=O)(=O)NCC(=O)Nc1ccccc1OC(C)C. The minimum atomic E-state index is -3.93. The van der Waals surface area contributed by atoms with E-state index in [1.54, 1.807) is 24.3 Å². The Labute approximate surface area is 152 Å². The largest absolute Gasteiger partial charge is 0.489 e. The number of anilines is 1. The summed E-state index contributed by atoms with van der Waals surface area (Å²) < 4.78 is 45.5. The Balaban J connectivity index is 2.05. The van der Waals surface area contributed by atoms with Crippen molar-refractivity contribution >= 4 is 21.6 Å². The lowest BCUT2D eigenvalue weighted by Crippen LogP contribution is -2.33. The Hall–Kier alpha value is -2.45. The Morgan fingerprint density at radius 1 is 1.19 bits per heavy atom. The van der Waals surface area contributed by atoms with Crippen molar-refractivity contribution in [1.82, 2.24) is 4.72 Å². The molecule has 8 heteroatoms. The van der Waals surface area contributed by atoms with E-state index in [0.29, 0.717) is 11.4 Å². The number of rotatable bonds is 7. The van der Waals surface area contributed by atoms with Crippen LogP contribution in [0.4, 0.5) is 10.1 Å². The van der Waals surface area contributed by atoms with Gasteiger partial charge >= 0.3 is 0 Å². The van der Waals surface area contributed by atoms with Crippen LogP contribution in [0, 0.1) is 12.7 Å². The highest BCUT2D eigenvalue weighted by atomic mass is 32.2. The lowest BCUT2D eigenvalue weighted by Gasteiger charge is -2.15. The van der Waals surface area contributed by atoms with Crippen LogP contribution in [-0.4, -0.2) is 27.0 Å². The highest BCUT2D eigenvalue weighted by molar-refractivity contribution is 7.89. The van der Waals surface area contributed by atoms with E-state index in [0.717, 1.165) is 18.2 Å². The molecule has 2 N–H and O–H groups in total. The molecule has 0 aromatic heterocycles. The van der Waals surface area contributed by atoms with Gasteiger partial charge in [-0.3, -0.25) is 4.79 Å². The van der Waals surface area contributed by atoms with Gasteiger partial charge in [-0.2, -0.15) is 0 Å². The van der Waals surface area contributed by atoms with Crippen LogP contribution in [0.25, 0.3) is 0 Å². The molecule has 0 aliphatic heterocycles. The second-order valence-corrected chi connectivity index (χ2v) is 7.68. The third kappa shape index (κ3) is 5.27. The molecule has 2 aromatic carbocycles. The van der Waals surface area contributed by atoms with Crippen molar-refractivity contribution in [2.24, 2.45) is 0 Å². The maximum absolute atomic E-state index is 13.1. The van der Waals surface area contributed by atoms with Crippen molar-refractivity contribution in [2.75, 3.05) is 11.9 Å². The average molecular weight is 380 g/mol. The summed E-state index contributed by atoms with van der Waals surface area (Å²) >= 11 is 0. The third-order valence-corrected chi connectivity index (χ3v) is 4.93. The fourth-order valence-electron chi connectivity index (χ4n) is 2.27. The molecule has 0 saturated heterocycles. The first kappa shape index (κ1) is 19.9. The Morgan fingerprint density at radius 3 is 2.54 bits per heavy atom. The van der Waals surface area contributed by atoms with Crippen LogP contribution in [0.2, 0.25) is 0 Å². The highest BCUT2D eigenvalue weighted by Crippen LogP contribution is 2.24. The van der Waals surface area contributed by atoms with E-state index in [2.05, 4.69) is 10.0 Å². The van der Waals surface area contributed by atoms with E-state index in [1.165, 1.54) is 6.92 Å². The molecule has 0 unspecified atom stereocenters. The lowest BCUT2D eigenvalue weighted by molar-refractivity contribution is -0.115. The van der Waals surface area contributed by atoms with Crippen molar-refractivity contribution in [2.45, 2.75) is 31.8 Å². The van der Waals surface area contributed by atoms with Gasteiger partial charge in [0.05, 0.1) is 23.2 Å². The lowest BCUT2D eigenvalue weighted by atomic mass is 10.2. The number of halogens is 1. The number of aryl methyl sites for hydroxylation is 1. The van der Waals surface area contributed by atoms with Gasteiger partial charge < -0.3 is 10.1 Å². The van der Waals surface area contributed by atoms with Crippen LogP contribution < -0.4 is 14.8 Å². The van der Waals surface area contributed by atoms with Gasteiger partial charge in [0, 0.05) is 0 Å². The van der Waals surface area contributed by atoms with E-state index in [-0.39, 0.29) is 16.6 Å². The second kappa shape index (κ2) is 8.29. The molecular formula is C18H21FN2O4S. The molecule has 0 bridgehead atoms. The summed E-state index contributed by atoms with van der Waals surface area (Å²) in [6.45, 7) is 4.74. The number of carbonyl (C=O) groups excluding carboxylic acids is 1. The number of benzene rings is 2. The van der Waals surface area contributed by atoms with Crippen molar-refractivity contribution < 1.29 is 22.3 Å². The molecule has 0 saturated carbocycles. The van der Waals surface area contributed by atoms with E-state index >= 15 is 0 Å². The van der Waals surface area contributed by atoms with Gasteiger partial charge in [0.25, 0.3) is 0 Å². The Morgan fingerprint density at radius 2 is 1.88 bits per heavy atom. The maximum atomic E-state index is 13.1. The zero-order chi connectivity index (χ0) is 19.3. The number of sulfonamides is 1. The number of hydrogen-bond donors (Lipinski definition) is 2. The van der Waals surface area contributed by atoms with Gasteiger partial charge in [0.2, 0.25) is 15.9 Å². The number of nitrogens with one attached hydrogen (secondary N) is 2. The molecule has 6 nitrogen and oxygen atoms in total. The molecular weight excluding hydrogens is 359 g/mol. The molecule has 2 aromatic rings. The van der Waals surface area contributed by atoms with Crippen LogP contribution in [0.1, 0.15) is 19.4 Å². The van der Waals surface area contributed by atoms with Crippen LogP contribution in [0.15, 0.2) is 47.4 Å². The maximum Gasteiger partial charge on any atom is 0.241 e. The van der Waals surface area contributed by atoms with Gasteiger partial charge in [0.15, 0.2) is 0 Å². The smallest absolute Gasteiger partial charge is 0.241 e. The molecule has 0 fully saturated rings. The first-order valence-electron chi connectivity index (χ1n) is 8.00. The summed E-state index contributed by atoms with van der Waals surface area (Å²) in [6.07, 6.45) is -0.0759.